The van der Waals surface area contributed by atoms with Gasteiger partial charge in [-0.1, -0.05) is 30.3 Å². The van der Waals surface area contributed by atoms with E-state index < -0.39 is 6.09 Å². The van der Waals surface area contributed by atoms with E-state index in [1.54, 1.807) is 6.92 Å². The van der Waals surface area contributed by atoms with Gasteiger partial charge in [-0.2, -0.15) is 0 Å². The van der Waals surface area contributed by atoms with Crippen LogP contribution in [0.2, 0.25) is 0 Å². The lowest BCUT2D eigenvalue weighted by molar-refractivity contribution is -0.145. The Hall–Kier alpha value is -2.08. The third kappa shape index (κ3) is 5.23. The Morgan fingerprint density at radius 3 is 2.75 bits per heavy atom. The van der Waals surface area contributed by atoms with Crippen LogP contribution in [0, 0.1) is 0 Å². The van der Waals surface area contributed by atoms with Gasteiger partial charge in [-0.25, -0.2) is 4.79 Å². The topological polar surface area (TPSA) is 67.9 Å². The van der Waals surface area contributed by atoms with Gasteiger partial charge in [0, 0.05) is 12.6 Å². The van der Waals surface area contributed by atoms with E-state index in [0.717, 1.165) is 24.9 Å². The van der Waals surface area contributed by atoms with Gasteiger partial charge in [-0.05, 0) is 38.3 Å². The Bertz CT molecular complexity index is 535. The van der Waals surface area contributed by atoms with Crippen LogP contribution in [0.1, 0.15) is 25.3 Å². The largest absolute Gasteiger partial charge is 0.468 e. The van der Waals surface area contributed by atoms with Crippen molar-refractivity contribution in [3.05, 3.63) is 35.9 Å². The van der Waals surface area contributed by atoms with Crippen molar-refractivity contribution in [2.75, 3.05) is 26.8 Å². The molecular formula is C18H26N2O4. The molecule has 1 amide bonds. The van der Waals surface area contributed by atoms with Crippen molar-refractivity contribution >= 4 is 12.1 Å². The van der Waals surface area contributed by atoms with Crippen molar-refractivity contribution in [2.45, 2.75) is 38.3 Å². The molecule has 0 bridgehead atoms. The van der Waals surface area contributed by atoms with Crippen LogP contribution in [-0.2, 0) is 20.7 Å². The van der Waals surface area contributed by atoms with E-state index in [0.29, 0.717) is 19.6 Å². The zero-order chi connectivity index (χ0) is 17.4. The Morgan fingerprint density at radius 1 is 1.33 bits per heavy atom. The van der Waals surface area contributed by atoms with Crippen LogP contribution in [0.25, 0.3) is 0 Å². The van der Waals surface area contributed by atoms with Gasteiger partial charge >= 0.3 is 12.1 Å². The molecule has 1 heterocycles. The maximum Gasteiger partial charge on any atom is 0.407 e. The number of nitrogens with one attached hydrogen (secondary N) is 1. The fourth-order valence-corrected chi connectivity index (χ4v) is 3.13. The van der Waals surface area contributed by atoms with Crippen molar-refractivity contribution in [3.63, 3.8) is 0 Å². The van der Waals surface area contributed by atoms with E-state index in [2.05, 4.69) is 10.2 Å². The number of likely N-dealkylation sites (tertiary alicyclic amines) is 1. The smallest absolute Gasteiger partial charge is 0.407 e. The SMILES string of the molecule is CCOC(=O)N[C@@H](Cc1ccccc1)CN1CCC[C@H]1C(=O)OC. The normalized spacial score (nSPS) is 18.8. The van der Waals surface area contributed by atoms with Crippen LogP contribution in [-0.4, -0.2) is 55.9 Å². The molecular weight excluding hydrogens is 308 g/mol. The number of benzene rings is 1. The maximum atomic E-state index is 11.9. The summed E-state index contributed by atoms with van der Waals surface area (Å²) >= 11 is 0. The second-order valence-corrected chi connectivity index (χ2v) is 5.93. The highest BCUT2D eigenvalue weighted by Gasteiger charge is 2.33. The van der Waals surface area contributed by atoms with E-state index in [9.17, 15) is 9.59 Å². The predicted octanol–water partition coefficient (Wildman–Crippen LogP) is 1.98. The molecule has 24 heavy (non-hydrogen) atoms. The van der Waals surface area contributed by atoms with Crippen LogP contribution in [0.15, 0.2) is 30.3 Å². The molecule has 0 aliphatic carbocycles. The van der Waals surface area contributed by atoms with E-state index in [-0.39, 0.29) is 18.1 Å². The third-order valence-electron chi connectivity index (χ3n) is 4.21. The van der Waals surface area contributed by atoms with E-state index in [1.165, 1.54) is 7.11 Å². The summed E-state index contributed by atoms with van der Waals surface area (Å²) in [5, 5.41) is 2.92. The van der Waals surface area contributed by atoms with Crippen LogP contribution in [0.4, 0.5) is 4.79 Å². The Kier molecular flexibility index (Phi) is 7.06. The molecule has 1 fully saturated rings. The zero-order valence-electron chi connectivity index (χ0n) is 14.4. The third-order valence-corrected chi connectivity index (χ3v) is 4.21. The summed E-state index contributed by atoms with van der Waals surface area (Å²) in [7, 11) is 1.41. The fourth-order valence-electron chi connectivity index (χ4n) is 3.13. The van der Waals surface area contributed by atoms with Gasteiger partial charge in [0.15, 0.2) is 0 Å². The van der Waals surface area contributed by atoms with Crippen molar-refractivity contribution in [1.82, 2.24) is 10.2 Å². The minimum absolute atomic E-state index is 0.128. The molecule has 1 aliphatic heterocycles. The average Bonchev–Trinajstić information content (AvgIpc) is 3.03. The molecule has 1 aromatic rings. The lowest BCUT2D eigenvalue weighted by Gasteiger charge is -2.28. The summed E-state index contributed by atoms with van der Waals surface area (Å²) in [5.41, 5.74) is 1.13. The van der Waals surface area contributed by atoms with Gasteiger partial charge in [0.05, 0.1) is 13.7 Å². The number of esters is 1. The maximum absolute atomic E-state index is 11.9. The number of hydrogen-bond acceptors (Lipinski definition) is 5. The standard InChI is InChI=1S/C18H26N2O4/c1-3-24-18(22)19-15(12-14-8-5-4-6-9-14)13-20-11-7-10-16(20)17(21)23-2/h4-6,8-9,15-16H,3,7,10-13H2,1-2H3,(H,19,22)/t15-,16-/m0/s1. The molecule has 0 spiro atoms. The van der Waals surface area contributed by atoms with Gasteiger partial charge in [0.2, 0.25) is 0 Å². The summed E-state index contributed by atoms with van der Waals surface area (Å²) in [6.07, 6.45) is 2.01. The number of amides is 1. The van der Waals surface area contributed by atoms with Crippen molar-refractivity contribution < 1.29 is 19.1 Å². The van der Waals surface area contributed by atoms with Crippen LogP contribution < -0.4 is 5.32 Å². The van der Waals surface area contributed by atoms with Crippen molar-refractivity contribution in [1.29, 1.82) is 0 Å². The molecule has 1 aromatic carbocycles. The van der Waals surface area contributed by atoms with Gasteiger partial charge in [0.1, 0.15) is 6.04 Å². The quantitative estimate of drug-likeness (QED) is 0.772. The highest BCUT2D eigenvalue weighted by molar-refractivity contribution is 5.76. The first-order valence-corrected chi connectivity index (χ1v) is 8.43. The van der Waals surface area contributed by atoms with Crippen LogP contribution in [0.5, 0.6) is 0 Å². The molecule has 0 unspecified atom stereocenters. The van der Waals surface area contributed by atoms with Gasteiger partial charge in [0.25, 0.3) is 0 Å². The molecule has 0 radical (unpaired) electrons. The van der Waals surface area contributed by atoms with Gasteiger partial charge in [-0.3, -0.25) is 9.69 Å². The fraction of sp³-hybridized carbons (Fsp3) is 0.556. The lowest BCUT2D eigenvalue weighted by Crippen LogP contribution is -2.48. The summed E-state index contributed by atoms with van der Waals surface area (Å²) in [6, 6.07) is 9.62. The first-order valence-electron chi connectivity index (χ1n) is 8.43. The van der Waals surface area contributed by atoms with Gasteiger partial charge in [-0.15, -0.1) is 0 Å². The number of methoxy groups -OCH3 is 1. The molecule has 6 heteroatoms. The molecule has 6 nitrogen and oxygen atoms in total. The number of alkyl carbamates (subject to hydrolysis) is 1. The molecule has 0 saturated carbocycles. The number of hydrogen-bond donors (Lipinski definition) is 1. The predicted molar refractivity (Wildman–Crippen MR) is 90.7 cm³/mol. The molecule has 132 valence electrons. The number of carbonyl (C=O) groups is 2. The first-order chi connectivity index (χ1) is 11.6. The molecule has 0 aromatic heterocycles. The molecule has 1 aliphatic rings. The number of ether oxygens (including phenoxy) is 2. The highest BCUT2D eigenvalue weighted by atomic mass is 16.5. The summed E-state index contributed by atoms with van der Waals surface area (Å²) in [5.74, 6) is -0.206. The van der Waals surface area contributed by atoms with E-state index >= 15 is 0 Å². The van der Waals surface area contributed by atoms with E-state index in [4.69, 9.17) is 9.47 Å². The number of nitrogens with zero attached hydrogens (tertiary/aromatic N) is 1. The zero-order valence-corrected chi connectivity index (χ0v) is 14.4. The van der Waals surface area contributed by atoms with Crippen LogP contribution >= 0.6 is 0 Å². The summed E-state index contributed by atoms with van der Waals surface area (Å²) in [6.45, 7) is 3.53. The second-order valence-electron chi connectivity index (χ2n) is 5.93. The van der Waals surface area contributed by atoms with Gasteiger partial charge < -0.3 is 14.8 Å². The summed E-state index contributed by atoms with van der Waals surface area (Å²) in [4.78, 5) is 25.8. The molecule has 1 saturated heterocycles. The Morgan fingerprint density at radius 2 is 2.08 bits per heavy atom. The minimum atomic E-state index is -0.424. The van der Waals surface area contributed by atoms with Crippen molar-refractivity contribution in [3.8, 4) is 0 Å². The minimum Gasteiger partial charge on any atom is -0.468 e. The lowest BCUT2D eigenvalue weighted by atomic mass is 10.1. The second kappa shape index (κ2) is 9.27. The molecule has 2 rings (SSSR count). The Labute approximate surface area is 143 Å². The molecule has 2 atom stereocenters. The summed E-state index contributed by atoms with van der Waals surface area (Å²) < 4.78 is 9.90. The highest BCUT2D eigenvalue weighted by Crippen LogP contribution is 2.19. The number of carbonyl (C=O) groups excluding carboxylic acids is 2. The van der Waals surface area contributed by atoms with Crippen molar-refractivity contribution in [2.24, 2.45) is 0 Å². The first kappa shape index (κ1) is 18.3. The molecule has 1 N–H and O–H groups in total. The average molecular weight is 334 g/mol. The monoisotopic (exact) mass is 334 g/mol. The number of rotatable bonds is 7. The van der Waals surface area contributed by atoms with E-state index in [1.807, 2.05) is 30.3 Å². The van der Waals surface area contributed by atoms with Crippen LogP contribution in [0.3, 0.4) is 0 Å². The Balaban J connectivity index is 2.04.